The smallest absolute Gasteiger partial charge is 0.208 e. The first-order valence-electron chi connectivity index (χ1n) is 6.16. The lowest BCUT2D eigenvalue weighted by Crippen LogP contribution is -2.19. The number of benzene rings is 2. The summed E-state index contributed by atoms with van der Waals surface area (Å²) in [4.78, 5) is 9.40. The van der Waals surface area contributed by atoms with Crippen LogP contribution < -0.4 is 5.48 Å². The first-order valence-corrected chi connectivity index (χ1v) is 6.16. The lowest BCUT2D eigenvalue weighted by molar-refractivity contribution is 0.0332. The van der Waals surface area contributed by atoms with Crippen LogP contribution >= 0.6 is 0 Å². The SMILES string of the molecule is Cc1ccccc1C1=NC(c2c(F)cccc2F)ON1. The molecular formula is C15H12F2N2O. The molecule has 2 aromatic carbocycles. The van der Waals surface area contributed by atoms with Crippen LogP contribution in [-0.4, -0.2) is 5.84 Å². The van der Waals surface area contributed by atoms with Gasteiger partial charge in [0.15, 0.2) is 5.84 Å². The molecule has 1 unspecified atom stereocenters. The molecule has 3 rings (SSSR count). The van der Waals surface area contributed by atoms with Gasteiger partial charge in [-0.05, 0) is 24.6 Å². The molecule has 0 amide bonds. The number of halogens is 2. The number of aliphatic imine (C=N–C) groups is 1. The molecule has 0 radical (unpaired) electrons. The third-order valence-electron chi connectivity index (χ3n) is 3.16. The molecule has 2 aromatic rings. The molecule has 0 bridgehead atoms. The number of hydrogen-bond donors (Lipinski definition) is 1. The maximum Gasteiger partial charge on any atom is 0.208 e. The summed E-state index contributed by atoms with van der Waals surface area (Å²) >= 11 is 0. The van der Waals surface area contributed by atoms with Crippen LogP contribution in [0.1, 0.15) is 22.9 Å². The van der Waals surface area contributed by atoms with Crippen molar-refractivity contribution in [3.8, 4) is 0 Å². The Balaban J connectivity index is 1.98. The topological polar surface area (TPSA) is 33.6 Å². The maximum atomic E-state index is 13.7. The fourth-order valence-electron chi connectivity index (χ4n) is 2.11. The predicted molar refractivity (Wildman–Crippen MR) is 71.0 cm³/mol. The average Bonchev–Trinajstić information content (AvgIpc) is 2.88. The Labute approximate surface area is 114 Å². The molecule has 0 spiro atoms. The minimum atomic E-state index is -1.02. The molecule has 0 saturated carbocycles. The van der Waals surface area contributed by atoms with Crippen LogP contribution in [0.15, 0.2) is 47.5 Å². The van der Waals surface area contributed by atoms with Crippen molar-refractivity contribution in [3.63, 3.8) is 0 Å². The van der Waals surface area contributed by atoms with E-state index in [2.05, 4.69) is 10.5 Å². The fourth-order valence-corrected chi connectivity index (χ4v) is 2.11. The first-order chi connectivity index (χ1) is 9.66. The van der Waals surface area contributed by atoms with E-state index in [1.54, 1.807) is 0 Å². The van der Waals surface area contributed by atoms with E-state index < -0.39 is 17.9 Å². The van der Waals surface area contributed by atoms with E-state index in [0.717, 1.165) is 11.1 Å². The zero-order valence-electron chi connectivity index (χ0n) is 10.7. The number of rotatable bonds is 2. The van der Waals surface area contributed by atoms with Crippen molar-refractivity contribution >= 4 is 5.84 Å². The highest BCUT2D eigenvalue weighted by Crippen LogP contribution is 2.28. The highest BCUT2D eigenvalue weighted by Gasteiger charge is 2.26. The van der Waals surface area contributed by atoms with Crippen molar-refractivity contribution in [1.82, 2.24) is 5.48 Å². The van der Waals surface area contributed by atoms with Crippen molar-refractivity contribution in [2.24, 2.45) is 4.99 Å². The van der Waals surface area contributed by atoms with Crippen LogP contribution in [0.3, 0.4) is 0 Å². The Morgan fingerprint density at radius 3 is 2.45 bits per heavy atom. The Hall–Kier alpha value is -2.27. The van der Waals surface area contributed by atoms with Gasteiger partial charge in [0.1, 0.15) is 11.6 Å². The lowest BCUT2D eigenvalue weighted by Gasteiger charge is -2.08. The summed E-state index contributed by atoms with van der Waals surface area (Å²) in [7, 11) is 0. The molecule has 1 atom stereocenters. The zero-order valence-corrected chi connectivity index (χ0v) is 10.7. The van der Waals surface area contributed by atoms with Gasteiger partial charge in [0, 0.05) is 5.56 Å². The molecule has 1 aliphatic heterocycles. The summed E-state index contributed by atoms with van der Waals surface area (Å²) in [5, 5.41) is 0. The highest BCUT2D eigenvalue weighted by atomic mass is 19.1. The molecule has 5 heteroatoms. The van der Waals surface area contributed by atoms with Gasteiger partial charge in [0.05, 0.1) is 5.56 Å². The fraction of sp³-hybridized carbons (Fsp3) is 0.133. The molecule has 0 aliphatic carbocycles. The third kappa shape index (κ3) is 2.16. The molecule has 1 aliphatic rings. The normalized spacial score (nSPS) is 17.8. The van der Waals surface area contributed by atoms with Crippen molar-refractivity contribution in [2.75, 3.05) is 0 Å². The van der Waals surface area contributed by atoms with Crippen molar-refractivity contribution < 1.29 is 13.6 Å². The van der Waals surface area contributed by atoms with Crippen LogP contribution in [0.5, 0.6) is 0 Å². The largest absolute Gasteiger partial charge is 0.246 e. The molecular weight excluding hydrogens is 262 g/mol. The number of amidine groups is 1. The van der Waals surface area contributed by atoms with E-state index in [1.807, 2.05) is 31.2 Å². The van der Waals surface area contributed by atoms with E-state index in [4.69, 9.17) is 4.84 Å². The molecule has 20 heavy (non-hydrogen) atoms. The van der Waals surface area contributed by atoms with Gasteiger partial charge in [0.2, 0.25) is 6.23 Å². The molecule has 0 aromatic heterocycles. The number of nitrogens with zero attached hydrogens (tertiary/aromatic N) is 1. The number of nitrogens with one attached hydrogen (secondary N) is 1. The summed E-state index contributed by atoms with van der Waals surface area (Å²) in [6.45, 7) is 1.93. The van der Waals surface area contributed by atoms with Crippen molar-refractivity contribution in [3.05, 3.63) is 70.8 Å². The summed E-state index contributed by atoms with van der Waals surface area (Å²) in [6, 6.07) is 11.2. The molecule has 0 fully saturated rings. The van der Waals surface area contributed by atoms with E-state index in [9.17, 15) is 8.78 Å². The quantitative estimate of drug-likeness (QED) is 0.912. The maximum absolute atomic E-state index is 13.7. The molecule has 0 saturated heterocycles. The Morgan fingerprint density at radius 2 is 1.75 bits per heavy atom. The highest BCUT2D eigenvalue weighted by molar-refractivity contribution is 6.00. The second-order valence-corrected chi connectivity index (χ2v) is 4.50. The van der Waals surface area contributed by atoms with Gasteiger partial charge in [-0.15, -0.1) is 0 Å². The van der Waals surface area contributed by atoms with Gasteiger partial charge >= 0.3 is 0 Å². The van der Waals surface area contributed by atoms with Gasteiger partial charge in [-0.1, -0.05) is 30.3 Å². The summed E-state index contributed by atoms with van der Waals surface area (Å²) in [5.74, 6) is -0.881. The molecule has 102 valence electrons. The summed E-state index contributed by atoms with van der Waals surface area (Å²) in [5.41, 5.74) is 4.28. The summed E-state index contributed by atoms with van der Waals surface area (Å²) < 4.78 is 27.4. The Bertz CT molecular complexity index is 665. The molecule has 1 N–H and O–H groups in total. The van der Waals surface area contributed by atoms with E-state index in [-0.39, 0.29) is 5.56 Å². The number of aryl methyl sites for hydroxylation is 1. The van der Waals surface area contributed by atoms with Crippen LogP contribution in [0.4, 0.5) is 8.78 Å². The van der Waals surface area contributed by atoms with Gasteiger partial charge in [-0.3, -0.25) is 0 Å². The summed E-state index contributed by atoms with van der Waals surface area (Å²) in [6.07, 6.45) is -1.02. The third-order valence-corrected chi connectivity index (χ3v) is 3.16. The Kier molecular flexibility index (Phi) is 3.20. The Morgan fingerprint density at radius 1 is 1.05 bits per heavy atom. The number of hydrogen-bond acceptors (Lipinski definition) is 3. The van der Waals surface area contributed by atoms with Crippen LogP contribution in [0.2, 0.25) is 0 Å². The zero-order chi connectivity index (χ0) is 14.1. The van der Waals surface area contributed by atoms with Gasteiger partial charge in [-0.2, -0.15) is 0 Å². The van der Waals surface area contributed by atoms with E-state index >= 15 is 0 Å². The minimum absolute atomic E-state index is 0.191. The van der Waals surface area contributed by atoms with Crippen molar-refractivity contribution in [1.29, 1.82) is 0 Å². The number of hydroxylamine groups is 1. The standard InChI is InChI=1S/C15H12F2N2O/c1-9-5-2-3-6-10(9)14-18-15(20-19-14)13-11(16)7-4-8-12(13)17/h2-8,15H,1H3,(H,18,19). The van der Waals surface area contributed by atoms with Gasteiger partial charge < -0.3 is 0 Å². The molecule has 1 heterocycles. The lowest BCUT2D eigenvalue weighted by atomic mass is 10.1. The van der Waals surface area contributed by atoms with Crippen LogP contribution in [-0.2, 0) is 4.84 Å². The van der Waals surface area contributed by atoms with E-state index in [0.29, 0.717) is 5.84 Å². The second-order valence-electron chi connectivity index (χ2n) is 4.50. The van der Waals surface area contributed by atoms with E-state index in [1.165, 1.54) is 18.2 Å². The van der Waals surface area contributed by atoms with Crippen LogP contribution in [0, 0.1) is 18.6 Å². The molecule has 3 nitrogen and oxygen atoms in total. The monoisotopic (exact) mass is 274 g/mol. The van der Waals surface area contributed by atoms with Crippen molar-refractivity contribution in [2.45, 2.75) is 13.2 Å². The van der Waals surface area contributed by atoms with Gasteiger partial charge in [0.25, 0.3) is 0 Å². The average molecular weight is 274 g/mol. The van der Waals surface area contributed by atoms with Crippen LogP contribution in [0.25, 0.3) is 0 Å². The minimum Gasteiger partial charge on any atom is -0.246 e. The predicted octanol–water partition coefficient (Wildman–Crippen LogP) is 3.25. The second kappa shape index (κ2) is 5.02. The van der Waals surface area contributed by atoms with Gasteiger partial charge in [-0.25, -0.2) is 24.1 Å². The first kappa shape index (κ1) is 12.7.